The van der Waals surface area contributed by atoms with Gasteiger partial charge in [0.15, 0.2) is 0 Å². The van der Waals surface area contributed by atoms with Crippen molar-refractivity contribution >= 4 is 6.09 Å². The van der Waals surface area contributed by atoms with Gasteiger partial charge in [-0.15, -0.1) is 0 Å². The molecule has 1 unspecified atom stereocenters. The molecule has 1 saturated heterocycles. The Labute approximate surface area is 131 Å². The lowest BCUT2D eigenvalue weighted by atomic mass is 10.1. The average molecular weight is 302 g/mol. The quantitative estimate of drug-likeness (QED) is 0.860. The minimum Gasteiger partial charge on any atom is -0.493 e. The third-order valence-corrected chi connectivity index (χ3v) is 3.39. The van der Waals surface area contributed by atoms with Crippen LogP contribution >= 0.6 is 0 Å². The molecule has 1 aromatic rings. The van der Waals surface area contributed by atoms with Crippen molar-refractivity contribution in [2.24, 2.45) is 5.92 Å². The van der Waals surface area contributed by atoms with E-state index in [1.54, 1.807) is 23.1 Å². The second-order valence-corrected chi connectivity index (χ2v) is 6.53. The van der Waals surface area contributed by atoms with E-state index < -0.39 is 5.60 Å². The third-order valence-electron chi connectivity index (χ3n) is 3.39. The number of hydrogen-bond acceptors (Lipinski definition) is 4. The van der Waals surface area contributed by atoms with Gasteiger partial charge in [0, 0.05) is 19.0 Å². The Kier molecular flexibility index (Phi) is 4.92. The first-order valence-corrected chi connectivity index (χ1v) is 7.48. The summed E-state index contributed by atoms with van der Waals surface area (Å²) in [7, 11) is 0. The predicted octanol–water partition coefficient (Wildman–Crippen LogP) is 3.19. The number of nitriles is 1. The van der Waals surface area contributed by atoms with Crippen LogP contribution in [0.25, 0.3) is 0 Å². The molecule has 0 aromatic heterocycles. The van der Waals surface area contributed by atoms with E-state index in [4.69, 9.17) is 14.7 Å². The molecule has 0 spiro atoms. The number of carbonyl (C=O) groups is 1. The monoisotopic (exact) mass is 302 g/mol. The minimum absolute atomic E-state index is 0.263. The highest BCUT2D eigenvalue weighted by Gasteiger charge is 2.30. The van der Waals surface area contributed by atoms with E-state index in [9.17, 15) is 4.79 Å². The number of benzene rings is 1. The summed E-state index contributed by atoms with van der Waals surface area (Å²) in [6, 6.07) is 9.19. The number of amides is 1. The maximum atomic E-state index is 12.0. The molecule has 1 amide bonds. The van der Waals surface area contributed by atoms with Crippen LogP contribution in [-0.4, -0.2) is 36.3 Å². The molecule has 0 saturated carbocycles. The first-order chi connectivity index (χ1) is 10.4. The third kappa shape index (κ3) is 4.66. The van der Waals surface area contributed by atoms with Gasteiger partial charge in [0.05, 0.1) is 18.2 Å². The summed E-state index contributed by atoms with van der Waals surface area (Å²) in [6.07, 6.45) is 0.637. The lowest BCUT2D eigenvalue weighted by Gasteiger charge is -2.24. The van der Waals surface area contributed by atoms with Crippen molar-refractivity contribution in [3.63, 3.8) is 0 Å². The van der Waals surface area contributed by atoms with E-state index in [1.807, 2.05) is 26.8 Å². The molecule has 1 fully saturated rings. The highest BCUT2D eigenvalue weighted by atomic mass is 16.6. The molecule has 0 bridgehead atoms. The fourth-order valence-electron chi connectivity index (χ4n) is 2.33. The van der Waals surface area contributed by atoms with Crippen molar-refractivity contribution in [3.8, 4) is 11.8 Å². The van der Waals surface area contributed by atoms with Crippen LogP contribution in [0.2, 0.25) is 0 Å². The Bertz CT molecular complexity index is 572. The summed E-state index contributed by atoms with van der Waals surface area (Å²) in [6.45, 7) is 7.47. The second kappa shape index (κ2) is 6.69. The van der Waals surface area contributed by atoms with Crippen LogP contribution in [0.5, 0.6) is 5.75 Å². The van der Waals surface area contributed by atoms with Gasteiger partial charge in [0.1, 0.15) is 11.4 Å². The SMILES string of the molecule is CC(C)(C)OC(=O)N1CCC(COc2cccc(C#N)c2)C1. The molecule has 1 aliphatic rings. The molecule has 5 heteroatoms. The molecule has 0 N–H and O–H groups in total. The van der Waals surface area contributed by atoms with Gasteiger partial charge < -0.3 is 14.4 Å². The Morgan fingerprint density at radius 3 is 2.91 bits per heavy atom. The predicted molar refractivity (Wildman–Crippen MR) is 82.6 cm³/mol. The van der Waals surface area contributed by atoms with Crippen LogP contribution in [0.3, 0.4) is 0 Å². The number of carbonyl (C=O) groups excluding carboxylic acids is 1. The Morgan fingerprint density at radius 2 is 2.23 bits per heavy atom. The van der Waals surface area contributed by atoms with Gasteiger partial charge in [0.2, 0.25) is 0 Å². The van der Waals surface area contributed by atoms with Crippen molar-refractivity contribution in [1.29, 1.82) is 5.26 Å². The highest BCUT2D eigenvalue weighted by molar-refractivity contribution is 5.68. The van der Waals surface area contributed by atoms with Gasteiger partial charge >= 0.3 is 6.09 Å². The van der Waals surface area contributed by atoms with Crippen molar-refractivity contribution in [2.45, 2.75) is 32.8 Å². The van der Waals surface area contributed by atoms with Gasteiger partial charge in [0.25, 0.3) is 0 Å². The maximum Gasteiger partial charge on any atom is 0.410 e. The molecule has 5 nitrogen and oxygen atoms in total. The van der Waals surface area contributed by atoms with E-state index in [2.05, 4.69) is 6.07 Å². The fourth-order valence-corrected chi connectivity index (χ4v) is 2.33. The molecule has 1 aromatic carbocycles. The van der Waals surface area contributed by atoms with E-state index >= 15 is 0 Å². The van der Waals surface area contributed by atoms with E-state index in [0.717, 1.165) is 6.42 Å². The lowest BCUT2D eigenvalue weighted by Crippen LogP contribution is -2.35. The van der Waals surface area contributed by atoms with Crippen LogP contribution in [0, 0.1) is 17.2 Å². The Balaban J connectivity index is 1.81. The zero-order valence-electron chi connectivity index (χ0n) is 13.3. The molecule has 2 rings (SSSR count). The Morgan fingerprint density at radius 1 is 1.45 bits per heavy atom. The molecule has 118 valence electrons. The van der Waals surface area contributed by atoms with Crippen molar-refractivity contribution in [2.75, 3.05) is 19.7 Å². The van der Waals surface area contributed by atoms with E-state index in [0.29, 0.717) is 36.9 Å². The van der Waals surface area contributed by atoms with Gasteiger partial charge in [-0.05, 0) is 45.4 Å². The van der Waals surface area contributed by atoms with Gasteiger partial charge in [-0.1, -0.05) is 6.07 Å². The average Bonchev–Trinajstić information content (AvgIpc) is 2.92. The minimum atomic E-state index is -0.469. The first-order valence-electron chi connectivity index (χ1n) is 7.48. The summed E-state index contributed by atoms with van der Waals surface area (Å²) >= 11 is 0. The van der Waals surface area contributed by atoms with Crippen LogP contribution in [-0.2, 0) is 4.74 Å². The fraction of sp³-hybridized carbons (Fsp3) is 0.529. The standard InChI is InChI=1S/C17H22N2O3/c1-17(2,3)22-16(20)19-8-7-14(11-19)12-21-15-6-4-5-13(9-15)10-18/h4-6,9,14H,7-8,11-12H2,1-3H3. The summed E-state index contributed by atoms with van der Waals surface area (Å²) in [5.41, 5.74) is 0.114. The second-order valence-electron chi connectivity index (χ2n) is 6.53. The zero-order valence-corrected chi connectivity index (χ0v) is 13.3. The van der Waals surface area contributed by atoms with Crippen LogP contribution < -0.4 is 4.74 Å². The van der Waals surface area contributed by atoms with E-state index in [1.165, 1.54) is 0 Å². The van der Waals surface area contributed by atoms with Gasteiger partial charge in [-0.2, -0.15) is 5.26 Å². The number of ether oxygens (including phenoxy) is 2. The topological polar surface area (TPSA) is 62.6 Å². The maximum absolute atomic E-state index is 12.0. The van der Waals surface area contributed by atoms with Gasteiger partial charge in [-0.3, -0.25) is 0 Å². The van der Waals surface area contributed by atoms with Crippen LogP contribution in [0.15, 0.2) is 24.3 Å². The molecule has 1 atom stereocenters. The smallest absolute Gasteiger partial charge is 0.410 e. The number of nitrogens with zero attached hydrogens (tertiary/aromatic N) is 2. The van der Waals surface area contributed by atoms with Crippen molar-refractivity contribution in [3.05, 3.63) is 29.8 Å². The van der Waals surface area contributed by atoms with Crippen molar-refractivity contribution < 1.29 is 14.3 Å². The largest absolute Gasteiger partial charge is 0.493 e. The highest BCUT2D eigenvalue weighted by Crippen LogP contribution is 2.21. The molecule has 22 heavy (non-hydrogen) atoms. The van der Waals surface area contributed by atoms with Crippen molar-refractivity contribution in [1.82, 2.24) is 4.90 Å². The molecule has 0 radical (unpaired) electrons. The Hall–Kier alpha value is -2.22. The lowest BCUT2D eigenvalue weighted by molar-refractivity contribution is 0.0285. The molecular weight excluding hydrogens is 280 g/mol. The molecule has 1 heterocycles. The van der Waals surface area contributed by atoms with Gasteiger partial charge in [-0.25, -0.2) is 4.79 Å². The summed E-state index contributed by atoms with van der Waals surface area (Å²) in [4.78, 5) is 13.7. The number of hydrogen-bond donors (Lipinski definition) is 0. The summed E-state index contributed by atoms with van der Waals surface area (Å²) in [5.74, 6) is 0.980. The van der Waals surface area contributed by atoms with Crippen LogP contribution in [0.1, 0.15) is 32.8 Å². The normalized spacial score (nSPS) is 17.9. The first kappa shape index (κ1) is 16.2. The molecule has 0 aliphatic carbocycles. The van der Waals surface area contributed by atoms with E-state index in [-0.39, 0.29) is 6.09 Å². The molecular formula is C17H22N2O3. The zero-order chi connectivity index (χ0) is 16.2. The number of rotatable bonds is 3. The number of likely N-dealkylation sites (tertiary alicyclic amines) is 1. The van der Waals surface area contributed by atoms with Crippen LogP contribution in [0.4, 0.5) is 4.79 Å². The molecule has 1 aliphatic heterocycles. The summed E-state index contributed by atoms with van der Waals surface area (Å²) < 4.78 is 11.1. The summed E-state index contributed by atoms with van der Waals surface area (Å²) in [5, 5.41) is 8.87.